The summed E-state index contributed by atoms with van der Waals surface area (Å²) in [5, 5.41) is 0. The van der Waals surface area contributed by atoms with E-state index < -0.39 is 23.3 Å². The van der Waals surface area contributed by atoms with E-state index in [9.17, 15) is 13.2 Å². The van der Waals surface area contributed by atoms with Crippen LogP contribution in [0.5, 0.6) is 5.75 Å². The maximum Gasteiger partial charge on any atom is 0.201 e. The highest BCUT2D eigenvalue weighted by atomic mass is 19.2. The average molecular weight is 483 g/mol. The van der Waals surface area contributed by atoms with E-state index in [1.165, 1.54) is 18.2 Å². The van der Waals surface area contributed by atoms with E-state index in [0.717, 1.165) is 32.1 Å². The molecule has 0 heterocycles. The Bertz CT molecular complexity index is 1190. The van der Waals surface area contributed by atoms with E-state index in [-0.39, 0.29) is 29.4 Å². The molecule has 0 N–H and O–H groups in total. The normalized spacial score (nSPS) is 18.2. The van der Waals surface area contributed by atoms with Crippen LogP contribution in [0.15, 0.2) is 48.5 Å². The van der Waals surface area contributed by atoms with Crippen LogP contribution in [0.4, 0.5) is 17.6 Å². The largest absolute Gasteiger partial charge is 0.491 e. The second kappa shape index (κ2) is 11.1. The minimum atomic E-state index is -1.02. The molecule has 35 heavy (non-hydrogen) atoms. The molecule has 3 aromatic carbocycles. The van der Waals surface area contributed by atoms with Crippen molar-refractivity contribution in [2.75, 3.05) is 6.61 Å². The van der Waals surface area contributed by atoms with Gasteiger partial charge in [0.15, 0.2) is 23.2 Å². The number of hydrogen-bond donors (Lipinski definition) is 0. The molecule has 5 heteroatoms. The smallest absolute Gasteiger partial charge is 0.201 e. The molecule has 3 aromatic rings. The van der Waals surface area contributed by atoms with Gasteiger partial charge in [-0.3, -0.25) is 0 Å². The third-order valence-corrected chi connectivity index (χ3v) is 7.03. The topological polar surface area (TPSA) is 9.23 Å². The molecular weight excluding hydrogens is 452 g/mol. The van der Waals surface area contributed by atoms with Crippen molar-refractivity contribution in [3.8, 4) is 16.9 Å². The lowest BCUT2D eigenvalue weighted by molar-refractivity contribution is 0.312. The van der Waals surface area contributed by atoms with Gasteiger partial charge < -0.3 is 4.74 Å². The summed E-state index contributed by atoms with van der Waals surface area (Å²) in [6.07, 6.45) is 8.15. The van der Waals surface area contributed by atoms with E-state index in [2.05, 4.69) is 6.92 Å². The Kier molecular flexibility index (Phi) is 7.94. The summed E-state index contributed by atoms with van der Waals surface area (Å²) in [6.45, 7) is 4.12. The lowest BCUT2D eigenvalue weighted by atomic mass is 9.77. The molecule has 4 rings (SSSR count). The van der Waals surface area contributed by atoms with Gasteiger partial charge in [0.2, 0.25) is 5.82 Å². The Morgan fingerprint density at radius 1 is 0.743 bits per heavy atom. The van der Waals surface area contributed by atoms with Gasteiger partial charge in [0, 0.05) is 11.1 Å². The molecule has 0 aromatic heterocycles. The van der Waals surface area contributed by atoms with Crippen molar-refractivity contribution in [2.24, 2.45) is 5.92 Å². The Morgan fingerprint density at radius 2 is 1.46 bits per heavy atom. The van der Waals surface area contributed by atoms with Crippen LogP contribution in [0.25, 0.3) is 23.3 Å². The molecule has 0 radical (unpaired) electrons. The van der Waals surface area contributed by atoms with E-state index in [1.807, 2.05) is 0 Å². The Balaban J connectivity index is 1.50. The Labute approximate surface area is 204 Å². The Morgan fingerprint density at radius 3 is 2.11 bits per heavy atom. The first-order valence-corrected chi connectivity index (χ1v) is 12.3. The molecule has 0 spiro atoms. The molecule has 0 bridgehead atoms. The van der Waals surface area contributed by atoms with Gasteiger partial charge >= 0.3 is 0 Å². The monoisotopic (exact) mass is 482 g/mol. The van der Waals surface area contributed by atoms with E-state index in [4.69, 9.17) is 4.74 Å². The Hall–Kier alpha value is -3.08. The minimum Gasteiger partial charge on any atom is -0.491 e. The zero-order valence-electron chi connectivity index (χ0n) is 20.1. The van der Waals surface area contributed by atoms with Crippen molar-refractivity contribution in [3.63, 3.8) is 0 Å². The van der Waals surface area contributed by atoms with Gasteiger partial charge in [-0.05, 0) is 73.3 Å². The molecule has 1 aliphatic rings. The summed E-state index contributed by atoms with van der Waals surface area (Å²) in [5.41, 5.74) is 2.05. The molecule has 0 atom stereocenters. The summed E-state index contributed by atoms with van der Waals surface area (Å²) in [7, 11) is 0. The van der Waals surface area contributed by atoms with Crippen LogP contribution >= 0.6 is 0 Å². The number of hydrogen-bond acceptors (Lipinski definition) is 1. The predicted octanol–water partition coefficient (Wildman–Crippen LogP) is 9.16. The van der Waals surface area contributed by atoms with Crippen molar-refractivity contribution in [1.29, 1.82) is 0 Å². The van der Waals surface area contributed by atoms with Crippen LogP contribution in [0.2, 0.25) is 0 Å². The maximum absolute atomic E-state index is 15.0. The SMILES string of the molecule is CCOc1ccc(/C=C/c2ccc(-c3ccc(C4CCC(CC)CC4)c(F)c3F)cc2)c(F)c1F. The van der Waals surface area contributed by atoms with Crippen LogP contribution in [0.1, 0.15) is 68.6 Å². The van der Waals surface area contributed by atoms with Gasteiger partial charge in [-0.2, -0.15) is 4.39 Å². The highest BCUT2D eigenvalue weighted by molar-refractivity contribution is 5.73. The molecule has 0 saturated heterocycles. The van der Waals surface area contributed by atoms with Gasteiger partial charge in [0.1, 0.15) is 0 Å². The molecule has 1 saturated carbocycles. The first-order chi connectivity index (χ1) is 16.9. The molecule has 1 nitrogen and oxygen atoms in total. The van der Waals surface area contributed by atoms with Crippen molar-refractivity contribution in [3.05, 3.63) is 88.5 Å². The van der Waals surface area contributed by atoms with Crippen molar-refractivity contribution >= 4 is 12.2 Å². The summed E-state index contributed by atoms with van der Waals surface area (Å²) >= 11 is 0. The third kappa shape index (κ3) is 5.44. The van der Waals surface area contributed by atoms with Crippen LogP contribution in [-0.2, 0) is 0 Å². The lowest BCUT2D eigenvalue weighted by Gasteiger charge is -2.28. The first-order valence-electron chi connectivity index (χ1n) is 12.3. The number of halogens is 4. The van der Waals surface area contributed by atoms with Crippen LogP contribution in [0, 0.1) is 29.2 Å². The second-order valence-electron chi connectivity index (χ2n) is 9.13. The first kappa shape index (κ1) is 25.0. The molecule has 1 fully saturated rings. The molecule has 184 valence electrons. The predicted molar refractivity (Wildman–Crippen MR) is 133 cm³/mol. The number of benzene rings is 3. The van der Waals surface area contributed by atoms with Crippen LogP contribution < -0.4 is 4.74 Å². The van der Waals surface area contributed by atoms with Crippen molar-refractivity contribution < 1.29 is 22.3 Å². The standard InChI is InChI=1S/C30H30F4O/c1-3-19-5-10-21(11-6-19)24-16-17-25(29(33)28(24)32)22-12-7-20(8-13-22)9-14-23-15-18-26(35-4-2)30(34)27(23)31/h7-9,12-19,21H,3-6,10-11H2,1-2H3/b14-9+. The quantitative estimate of drug-likeness (QED) is 0.241. The van der Waals surface area contributed by atoms with Crippen LogP contribution in [-0.4, -0.2) is 6.61 Å². The van der Waals surface area contributed by atoms with E-state index >= 15 is 4.39 Å². The van der Waals surface area contributed by atoms with E-state index in [1.54, 1.807) is 49.4 Å². The number of rotatable bonds is 7. The van der Waals surface area contributed by atoms with Gasteiger partial charge in [0.25, 0.3) is 0 Å². The van der Waals surface area contributed by atoms with Gasteiger partial charge in [-0.15, -0.1) is 0 Å². The fraction of sp³-hybridized carbons (Fsp3) is 0.333. The molecular formula is C30H30F4O. The zero-order valence-corrected chi connectivity index (χ0v) is 20.1. The van der Waals surface area contributed by atoms with Crippen molar-refractivity contribution in [1.82, 2.24) is 0 Å². The molecule has 0 aliphatic heterocycles. The fourth-order valence-corrected chi connectivity index (χ4v) is 4.89. The summed E-state index contributed by atoms with van der Waals surface area (Å²) in [5.74, 6) is -2.94. The zero-order chi connectivity index (χ0) is 24.9. The van der Waals surface area contributed by atoms with Gasteiger partial charge in [-0.1, -0.05) is 61.9 Å². The summed E-state index contributed by atoms with van der Waals surface area (Å²) in [4.78, 5) is 0. The van der Waals surface area contributed by atoms with E-state index in [0.29, 0.717) is 22.6 Å². The average Bonchev–Trinajstić information content (AvgIpc) is 2.88. The van der Waals surface area contributed by atoms with Crippen molar-refractivity contribution in [2.45, 2.75) is 51.9 Å². The minimum absolute atomic E-state index is 0.0710. The molecule has 0 unspecified atom stereocenters. The summed E-state index contributed by atoms with van der Waals surface area (Å²) < 4.78 is 63.4. The highest BCUT2D eigenvalue weighted by Gasteiger charge is 2.26. The van der Waals surface area contributed by atoms with Gasteiger partial charge in [0.05, 0.1) is 6.61 Å². The highest BCUT2D eigenvalue weighted by Crippen LogP contribution is 2.39. The molecule has 1 aliphatic carbocycles. The fourth-order valence-electron chi connectivity index (χ4n) is 4.89. The molecule has 0 amide bonds. The number of ether oxygens (including phenoxy) is 1. The second-order valence-corrected chi connectivity index (χ2v) is 9.13. The third-order valence-electron chi connectivity index (χ3n) is 7.03. The maximum atomic E-state index is 15.0. The lowest BCUT2D eigenvalue weighted by Crippen LogP contribution is -2.14. The van der Waals surface area contributed by atoms with Crippen LogP contribution in [0.3, 0.4) is 0 Å². The summed E-state index contributed by atoms with van der Waals surface area (Å²) in [6, 6.07) is 13.1. The van der Waals surface area contributed by atoms with Gasteiger partial charge in [-0.25, -0.2) is 13.2 Å².